The molecule has 27 heavy (non-hydrogen) atoms. The van der Waals surface area contributed by atoms with Crippen molar-refractivity contribution in [3.05, 3.63) is 82.0 Å². The van der Waals surface area contributed by atoms with Crippen LogP contribution in [0.25, 0.3) is 11.3 Å². The van der Waals surface area contributed by atoms with Crippen molar-refractivity contribution in [3.63, 3.8) is 0 Å². The first-order valence-electron chi connectivity index (χ1n) is 8.04. The Hall–Kier alpha value is -2.60. The Balaban J connectivity index is 1.66. The van der Waals surface area contributed by atoms with Crippen molar-refractivity contribution in [3.8, 4) is 11.3 Å². The van der Waals surface area contributed by atoms with Gasteiger partial charge < -0.3 is 9.15 Å². The fourth-order valence-electron chi connectivity index (χ4n) is 2.50. The van der Waals surface area contributed by atoms with Crippen LogP contribution in [-0.2, 0) is 9.53 Å². The van der Waals surface area contributed by atoms with Crippen LogP contribution in [0.3, 0.4) is 0 Å². The third-order valence-electron chi connectivity index (χ3n) is 3.77. The van der Waals surface area contributed by atoms with E-state index >= 15 is 0 Å². The number of carbonyl (C=O) groups is 1. The summed E-state index contributed by atoms with van der Waals surface area (Å²) in [5, 5.41) is 4.96. The van der Waals surface area contributed by atoms with E-state index in [0.29, 0.717) is 27.1 Å². The van der Waals surface area contributed by atoms with Gasteiger partial charge >= 0.3 is 0 Å². The van der Waals surface area contributed by atoms with Gasteiger partial charge in [0, 0.05) is 17.7 Å². The van der Waals surface area contributed by atoms with Gasteiger partial charge in [-0.2, -0.15) is 5.10 Å². The number of hydrogen-bond donors (Lipinski definition) is 1. The quantitative estimate of drug-likeness (QED) is 0.461. The van der Waals surface area contributed by atoms with Crippen molar-refractivity contribution >= 4 is 35.3 Å². The number of carbonyl (C=O) groups excluding carboxylic acids is 1. The molecule has 1 heterocycles. The van der Waals surface area contributed by atoms with Crippen LogP contribution < -0.4 is 5.43 Å². The number of furan rings is 1. The second-order valence-corrected chi connectivity index (χ2v) is 6.43. The molecule has 138 valence electrons. The lowest BCUT2D eigenvalue weighted by Gasteiger charge is -2.13. The second-order valence-electron chi connectivity index (χ2n) is 5.59. The van der Waals surface area contributed by atoms with E-state index in [-0.39, 0.29) is 5.91 Å². The third kappa shape index (κ3) is 4.77. The van der Waals surface area contributed by atoms with Crippen LogP contribution in [0.5, 0.6) is 0 Å². The molecule has 3 rings (SSSR count). The molecule has 0 unspecified atom stereocenters. The fraction of sp³-hybridized carbons (Fsp3) is 0.100. The minimum Gasteiger partial charge on any atom is -0.455 e. The van der Waals surface area contributed by atoms with Crippen molar-refractivity contribution in [1.82, 2.24) is 5.43 Å². The summed E-state index contributed by atoms with van der Waals surface area (Å²) in [5.41, 5.74) is 3.91. The van der Waals surface area contributed by atoms with Gasteiger partial charge in [0.05, 0.1) is 11.2 Å². The van der Waals surface area contributed by atoms with Gasteiger partial charge in [-0.15, -0.1) is 0 Å². The summed E-state index contributed by atoms with van der Waals surface area (Å²) in [6, 6.07) is 17.8. The van der Waals surface area contributed by atoms with Crippen LogP contribution >= 0.6 is 23.2 Å². The van der Waals surface area contributed by atoms with E-state index in [1.165, 1.54) is 13.3 Å². The Morgan fingerprint density at radius 2 is 1.93 bits per heavy atom. The average Bonchev–Trinajstić information content (AvgIpc) is 3.12. The van der Waals surface area contributed by atoms with E-state index in [2.05, 4.69) is 10.5 Å². The van der Waals surface area contributed by atoms with Crippen LogP contribution in [0.2, 0.25) is 10.0 Å². The van der Waals surface area contributed by atoms with Crippen molar-refractivity contribution in [2.24, 2.45) is 5.10 Å². The van der Waals surface area contributed by atoms with Gasteiger partial charge in [-0.25, -0.2) is 5.43 Å². The predicted molar refractivity (Wildman–Crippen MR) is 106 cm³/mol. The lowest BCUT2D eigenvalue weighted by Crippen LogP contribution is -2.26. The monoisotopic (exact) mass is 402 g/mol. The van der Waals surface area contributed by atoms with Crippen molar-refractivity contribution in [2.75, 3.05) is 7.11 Å². The molecule has 0 radical (unpaired) electrons. The SMILES string of the molecule is CO[C@@H](C(=O)N/N=C\c1ccc(-c2ccc(Cl)cc2Cl)o1)c1ccccc1. The number of halogens is 2. The van der Waals surface area contributed by atoms with Crippen LogP contribution in [0, 0.1) is 0 Å². The zero-order chi connectivity index (χ0) is 19.2. The van der Waals surface area contributed by atoms with E-state index in [4.69, 9.17) is 32.4 Å². The molecule has 0 saturated carbocycles. The highest BCUT2D eigenvalue weighted by Crippen LogP contribution is 2.31. The van der Waals surface area contributed by atoms with E-state index in [1.807, 2.05) is 30.3 Å². The molecule has 1 N–H and O–H groups in total. The van der Waals surface area contributed by atoms with Gasteiger partial charge in [0.1, 0.15) is 11.5 Å². The number of ether oxygens (including phenoxy) is 1. The van der Waals surface area contributed by atoms with Gasteiger partial charge in [0.2, 0.25) is 0 Å². The summed E-state index contributed by atoms with van der Waals surface area (Å²) in [6.45, 7) is 0. The summed E-state index contributed by atoms with van der Waals surface area (Å²) >= 11 is 12.1. The first-order valence-corrected chi connectivity index (χ1v) is 8.80. The van der Waals surface area contributed by atoms with Gasteiger partial charge in [0.25, 0.3) is 5.91 Å². The molecule has 0 bridgehead atoms. The molecule has 5 nitrogen and oxygen atoms in total. The van der Waals surface area contributed by atoms with E-state index in [1.54, 1.807) is 30.3 Å². The normalized spacial score (nSPS) is 12.3. The maximum atomic E-state index is 12.3. The zero-order valence-corrected chi connectivity index (χ0v) is 15.9. The van der Waals surface area contributed by atoms with Gasteiger partial charge in [0.15, 0.2) is 6.10 Å². The number of amides is 1. The second kappa shape index (κ2) is 8.86. The smallest absolute Gasteiger partial charge is 0.273 e. The lowest BCUT2D eigenvalue weighted by atomic mass is 10.1. The summed E-state index contributed by atoms with van der Waals surface area (Å²) < 4.78 is 10.9. The molecule has 0 aliphatic carbocycles. The van der Waals surface area contributed by atoms with Crippen LogP contribution in [0.15, 0.2) is 70.2 Å². The van der Waals surface area contributed by atoms with Gasteiger partial charge in [-0.05, 0) is 35.9 Å². The number of benzene rings is 2. The number of hydrazone groups is 1. The topological polar surface area (TPSA) is 63.8 Å². The van der Waals surface area contributed by atoms with Crippen LogP contribution in [0.4, 0.5) is 0 Å². The summed E-state index contributed by atoms with van der Waals surface area (Å²) in [4.78, 5) is 12.3. The molecule has 1 amide bonds. The maximum absolute atomic E-state index is 12.3. The molecule has 0 aliphatic heterocycles. The first-order chi connectivity index (χ1) is 13.1. The largest absolute Gasteiger partial charge is 0.455 e. The number of hydrogen-bond acceptors (Lipinski definition) is 4. The van der Waals surface area contributed by atoms with Crippen molar-refractivity contribution in [2.45, 2.75) is 6.10 Å². The molecule has 0 aliphatic rings. The highest BCUT2D eigenvalue weighted by Gasteiger charge is 2.19. The Kier molecular flexibility index (Phi) is 6.29. The molecule has 1 atom stereocenters. The van der Waals surface area contributed by atoms with Gasteiger partial charge in [-0.3, -0.25) is 4.79 Å². The number of nitrogens with one attached hydrogen (secondary N) is 1. The zero-order valence-electron chi connectivity index (χ0n) is 14.4. The Morgan fingerprint density at radius 1 is 1.15 bits per heavy atom. The van der Waals surface area contributed by atoms with E-state index < -0.39 is 6.10 Å². The van der Waals surface area contributed by atoms with E-state index in [0.717, 1.165) is 5.56 Å². The molecule has 0 spiro atoms. The molecule has 7 heteroatoms. The average molecular weight is 403 g/mol. The molecular formula is C20H16Cl2N2O3. The maximum Gasteiger partial charge on any atom is 0.273 e. The molecule has 0 saturated heterocycles. The molecule has 1 aromatic heterocycles. The molecule has 2 aromatic carbocycles. The summed E-state index contributed by atoms with van der Waals surface area (Å²) in [7, 11) is 1.47. The minimum absolute atomic E-state index is 0.382. The van der Waals surface area contributed by atoms with Crippen LogP contribution in [-0.4, -0.2) is 19.2 Å². The Bertz CT molecular complexity index is 955. The fourth-order valence-corrected chi connectivity index (χ4v) is 3.00. The Labute approximate surface area is 166 Å². The Morgan fingerprint density at radius 3 is 2.63 bits per heavy atom. The molecule has 3 aromatic rings. The summed E-state index contributed by atoms with van der Waals surface area (Å²) in [6.07, 6.45) is 0.659. The first kappa shape index (κ1) is 19.2. The number of methoxy groups -OCH3 is 1. The van der Waals surface area contributed by atoms with Crippen LogP contribution in [0.1, 0.15) is 17.4 Å². The highest BCUT2D eigenvalue weighted by molar-refractivity contribution is 6.36. The lowest BCUT2D eigenvalue weighted by molar-refractivity contribution is -0.131. The van der Waals surface area contributed by atoms with Crippen molar-refractivity contribution < 1.29 is 13.9 Å². The molecule has 0 fully saturated rings. The highest BCUT2D eigenvalue weighted by atomic mass is 35.5. The van der Waals surface area contributed by atoms with E-state index in [9.17, 15) is 4.79 Å². The third-order valence-corrected chi connectivity index (χ3v) is 4.31. The van der Waals surface area contributed by atoms with Crippen molar-refractivity contribution in [1.29, 1.82) is 0 Å². The minimum atomic E-state index is -0.747. The molecular weight excluding hydrogens is 387 g/mol. The number of rotatable bonds is 6. The standard InChI is InChI=1S/C20H16Cl2N2O3/c1-26-19(13-5-3-2-4-6-13)20(25)24-23-12-15-8-10-18(27-15)16-9-7-14(21)11-17(16)22/h2-12,19H,1H3,(H,24,25)/b23-12-/t19-/m1/s1. The number of nitrogens with zero attached hydrogens (tertiary/aromatic N) is 1. The van der Waals surface area contributed by atoms with Gasteiger partial charge in [-0.1, -0.05) is 53.5 Å². The summed E-state index contributed by atoms with van der Waals surface area (Å²) in [5.74, 6) is 0.654. The predicted octanol–water partition coefficient (Wildman–Crippen LogP) is 5.09.